The molecule has 15 heteroatoms. The van der Waals surface area contributed by atoms with Gasteiger partial charge in [-0.15, -0.1) is 11.8 Å². The van der Waals surface area contributed by atoms with Crippen molar-refractivity contribution in [2.75, 3.05) is 68.3 Å². The van der Waals surface area contributed by atoms with Gasteiger partial charge in [-0.3, -0.25) is 19.8 Å². The Morgan fingerprint density at radius 1 is 0.855 bits per heavy atom. The van der Waals surface area contributed by atoms with E-state index >= 15 is 0 Å². The van der Waals surface area contributed by atoms with Crippen LogP contribution in [-0.4, -0.2) is 99.2 Å². The van der Waals surface area contributed by atoms with Crippen LogP contribution in [-0.2, 0) is 16.6 Å². The minimum absolute atomic E-state index is 0.136. The summed E-state index contributed by atoms with van der Waals surface area (Å²) in [4.78, 5) is 32.9. The Bertz CT molecular complexity index is 2370. The third-order valence-electron chi connectivity index (χ3n) is 11.6. The second-order valence-corrected chi connectivity index (χ2v) is 19.0. The van der Waals surface area contributed by atoms with Crippen molar-refractivity contribution >= 4 is 56.4 Å². The lowest BCUT2D eigenvalue weighted by Gasteiger charge is -2.36. The van der Waals surface area contributed by atoms with Gasteiger partial charge in [0, 0.05) is 84.3 Å². The molecule has 0 bridgehead atoms. The number of thioether (sulfide) groups is 1. The van der Waals surface area contributed by atoms with E-state index in [9.17, 15) is 23.3 Å². The molecule has 12 nitrogen and oxygen atoms in total. The number of carbonyl (C=O) groups excluding carboxylic acids is 1. The third kappa shape index (κ3) is 12.1. The van der Waals surface area contributed by atoms with Crippen molar-refractivity contribution in [2.45, 2.75) is 54.6 Å². The fraction of sp³-hybridized carbons (Fsp3) is 0.340. The van der Waals surface area contributed by atoms with Crippen LogP contribution >= 0.6 is 23.4 Å². The number of rotatable bonds is 18. The van der Waals surface area contributed by atoms with Gasteiger partial charge in [-0.05, 0) is 116 Å². The van der Waals surface area contributed by atoms with E-state index < -0.39 is 20.9 Å². The molecule has 2 aliphatic rings. The second kappa shape index (κ2) is 21.4. The molecule has 62 heavy (non-hydrogen) atoms. The zero-order valence-corrected chi connectivity index (χ0v) is 37.3. The van der Waals surface area contributed by atoms with Gasteiger partial charge in [0.1, 0.15) is 5.69 Å². The van der Waals surface area contributed by atoms with Crippen molar-refractivity contribution in [2.24, 2.45) is 0 Å². The number of nitrogens with one attached hydrogen (secondary N) is 3. The Morgan fingerprint density at radius 3 is 2.24 bits per heavy atom. The number of hydrogen-bond donors (Lipinski definition) is 3. The fourth-order valence-electron chi connectivity index (χ4n) is 8.11. The zero-order chi connectivity index (χ0) is 43.5. The first kappa shape index (κ1) is 45.1. The normalized spacial score (nSPS) is 15.9. The summed E-state index contributed by atoms with van der Waals surface area (Å²) in [6, 6.07) is 37.3. The quantitative estimate of drug-likeness (QED) is 0.0444. The monoisotopic (exact) mass is 895 g/mol. The molecule has 0 unspecified atom stereocenters. The number of amides is 1. The van der Waals surface area contributed by atoms with E-state index in [2.05, 4.69) is 55.2 Å². The number of nitro benzene ring substituents is 1. The minimum Gasteiger partial charge on any atom is -0.376 e. The molecule has 326 valence electrons. The number of sulfonamides is 1. The number of piperazine rings is 1. The summed E-state index contributed by atoms with van der Waals surface area (Å²) in [6.45, 7) is 9.96. The maximum absolute atomic E-state index is 13.5. The van der Waals surface area contributed by atoms with Crippen molar-refractivity contribution in [3.63, 3.8) is 0 Å². The van der Waals surface area contributed by atoms with Crippen LogP contribution in [0.3, 0.4) is 0 Å². The van der Waals surface area contributed by atoms with Crippen molar-refractivity contribution in [3.05, 3.63) is 148 Å². The van der Waals surface area contributed by atoms with Gasteiger partial charge in [-0.2, -0.15) is 0 Å². The van der Waals surface area contributed by atoms with E-state index in [1.54, 1.807) is 23.9 Å². The summed E-state index contributed by atoms with van der Waals surface area (Å²) >= 11 is 7.79. The second-order valence-electron chi connectivity index (χ2n) is 15.8. The largest absolute Gasteiger partial charge is 0.376 e. The molecular formula is C47H54ClN7O5S2. The van der Waals surface area contributed by atoms with E-state index in [1.165, 1.54) is 23.3 Å². The van der Waals surface area contributed by atoms with Crippen molar-refractivity contribution < 1.29 is 18.1 Å². The molecule has 7 rings (SSSR count). The number of likely N-dealkylation sites (tertiary alicyclic amines) is 1. The lowest BCUT2D eigenvalue weighted by molar-refractivity contribution is -0.384. The lowest BCUT2D eigenvalue weighted by Crippen LogP contribution is -2.46. The van der Waals surface area contributed by atoms with Gasteiger partial charge in [0.05, 0.1) is 9.82 Å². The molecule has 2 heterocycles. The topological polar surface area (TPSA) is 140 Å². The first-order chi connectivity index (χ1) is 30.0. The molecule has 5 aromatic rings. The highest BCUT2D eigenvalue weighted by Gasteiger charge is 2.27. The molecule has 1 amide bonds. The summed E-state index contributed by atoms with van der Waals surface area (Å²) in [5, 5.41) is 20.0. The molecule has 2 aliphatic heterocycles. The predicted molar refractivity (Wildman–Crippen MR) is 251 cm³/mol. The van der Waals surface area contributed by atoms with Gasteiger partial charge in [0.15, 0.2) is 0 Å². The minimum atomic E-state index is -4.44. The van der Waals surface area contributed by atoms with E-state index in [0.717, 1.165) is 100 Å². The molecular weight excluding hydrogens is 842 g/mol. The highest BCUT2D eigenvalue weighted by atomic mass is 35.5. The van der Waals surface area contributed by atoms with E-state index in [4.69, 9.17) is 11.6 Å². The summed E-state index contributed by atoms with van der Waals surface area (Å²) in [5.74, 6) is -0.167. The summed E-state index contributed by atoms with van der Waals surface area (Å²) in [7, 11) is -4.44. The smallest absolute Gasteiger partial charge is 0.293 e. The van der Waals surface area contributed by atoms with E-state index in [-0.39, 0.29) is 27.9 Å². The van der Waals surface area contributed by atoms with Gasteiger partial charge < -0.3 is 20.4 Å². The molecule has 0 aliphatic carbocycles. The van der Waals surface area contributed by atoms with E-state index in [1.807, 2.05) is 72.8 Å². The zero-order valence-electron chi connectivity index (χ0n) is 34.9. The van der Waals surface area contributed by atoms with Gasteiger partial charge in [0.2, 0.25) is 0 Å². The maximum atomic E-state index is 13.5. The Labute approximate surface area is 374 Å². The van der Waals surface area contributed by atoms with Crippen molar-refractivity contribution in [3.8, 4) is 11.1 Å². The fourth-order valence-corrected chi connectivity index (χ4v) is 10.2. The average molecular weight is 897 g/mol. The Morgan fingerprint density at radius 2 is 1.55 bits per heavy atom. The van der Waals surface area contributed by atoms with Gasteiger partial charge in [-0.25, -0.2) is 13.1 Å². The number of hydrogen-bond acceptors (Lipinski definition) is 11. The first-order valence-corrected chi connectivity index (χ1v) is 24.1. The number of nitro groups is 1. The predicted octanol–water partition coefficient (Wildman–Crippen LogP) is 8.39. The van der Waals surface area contributed by atoms with Crippen molar-refractivity contribution in [1.82, 2.24) is 19.8 Å². The number of nitrogens with zero attached hydrogens (tertiary/aromatic N) is 4. The van der Waals surface area contributed by atoms with Crippen LogP contribution in [0.1, 0.15) is 42.1 Å². The van der Waals surface area contributed by atoms with Crippen LogP contribution in [0.4, 0.5) is 17.1 Å². The number of piperidine rings is 1. The van der Waals surface area contributed by atoms with E-state index in [0.29, 0.717) is 16.8 Å². The highest BCUT2D eigenvalue weighted by Crippen LogP contribution is 2.31. The molecule has 2 fully saturated rings. The molecule has 0 aromatic heterocycles. The molecule has 0 saturated carbocycles. The molecule has 5 aromatic carbocycles. The summed E-state index contributed by atoms with van der Waals surface area (Å²) < 4.78 is 29.1. The van der Waals surface area contributed by atoms with Gasteiger partial charge in [-0.1, -0.05) is 73.1 Å². The van der Waals surface area contributed by atoms with Crippen LogP contribution in [0.2, 0.25) is 5.02 Å². The molecule has 0 spiro atoms. The highest BCUT2D eigenvalue weighted by molar-refractivity contribution is 7.99. The Kier molecular flexibility index (Phi) is 15.6. The van der Waals surface area contributed by atoms with Crippen molar-refractivity contribution in [1.29, 1.82) is 0 Å². The number of halogens is 1. The molecule has 1 atom stereocenters. The number of benzene rings is 5. The first-order valence-electron chi connectivity index (χ1n) is 21.2. The van der Waals surface area contributed by atoms with Gasteiger partial charge >= 0.3 is 0 Å². The Hall–Kier alpha value is -4.96. The summed E-state index contributed by atoms with van der Waals surface area (Å²) in [5.41, 5.74) is 4.50. The number of carbonyl (C=O) groups is 1. The summed E-state index contributed by atoms with van der Waals surface area (Å²) in [6.07, 6.45) is 2.90. The van der Waals surface area contributed by atoms with Crippen LogP contribution in [0.25, 0.3) is 11.1 Å². The van der Waals surface area contributed by atoms with Crippen LogP contribution < -0.4 is 20.3 Å². The molecule has 0 radical (unpaired) electrons. The van der Waals surface area contributed by atoms with Crippen LogP contribution in [0.5, 0.6) is 0 Å². The van der Waals surface area contributed by atoms with Gasteiger partial charge in [0.25, 0.3) is 21.6 Å². The average Bonchev–Trinajstić information content (AvgIpc) is 3.29. The third-order valence-corrected chi connectivity index (χ3v) is 14.3. The number of anilines is 2. The molecule has 2 saturated heterocycles. The maximum Gasteiger partial charge on any atom is 0.293 e. The Balaban J connectivity index is 0.953. The van der Waals surface area contributed by atoms with Crippen LogP contribution in [0, 0.1) is 10.1 Å². The standard InChI is InChI=1S/C47H54ClN7O5S2/c1-2-49-39-22-25-52(26-23-39)27-24-40(34-61-42-9-4-3-5-10-42)50-45-21-20-43(32-46(45)55(57)58)62(59,60)51-47(56)36-14-18-41(19-15-36)54-30-28-53(29-31-54)33-37-8-6-7-11-44(37)35-12-16-38(48)17-13-35/h3-21,32,39-40,49-50H,2,22-31,33-34H2,1H3,(H,51,56)/t40-/m1/s1. The van der Waals surface area contributed by atoms with Crippen LogP contribution in [0.15, 0.2) is 131 Å². The molecule has 3 N–H and O–H groups in total. The lowest BCUT2D eigenvalue weighted by atomic mass is 9.99. The SMILES string of the molecule is CCNC1CCN(CC[C@H](CSc2ccccc2)Nc2ccc(S(=O)(=O)NC(=O)c3ccc(N4CCN(Cc5ccccc5-c5ccc(Cl)cc5)CC4)cc3)cc2[N+](=O)[O-])CC1.